The van der Waals surface area contributed by atoms with Crippen LogP contribution in [-0.4, -0.2) is 45.0 Å². The Labute approximate surface area is 193 Å². The third-order valence-electron chi connectivity index (χ3n) is 3.88. The van der Waals surface area contributed by atoms with Crippen molar-refractivity contribution in [2.24, 2.45) is 5.73 Å². The number of nitrogens with zero attached hydrogens (tertiary/aromatic N) is 4. The lowest BCUT2D eigenvalue weighted by Crippen LogP contribution is -2.21. The number of hydrogen-bond donors (Lipinski definition) is 2. The molecule has 0 radical (unpaired) electrons. The van der Waals surface area contributed by atoms with E-state index in [1.54, 1.807) is 16.4 Å². The van der Waals surface area contributed by atoms with Gasteiger partial charge < -0.3 is 15.8 Å². The molecule has 0 saturated carbocycles. The predicted molar refractivity (Wildman–Crippen MR) is 122 cm³/mol. The molecule has 11 heteroatoms. The van der Waals surface area contributed by atoms with Gasteiger partial charge in [-0.05, 0) is 53.7 Å². The van der Waals surface area contributed by atoms with E-state index in [0.717, 1.165) is 39.6 Å². The van der Waals surface area contributed by atoms with Gasteiger partial charge >= 0.3 is 0 Å². The van der Waals surface area contributed by atoms with Crippen molar-refractivity contribution in [2.75, 3.05) is 18.9 Å². The molecule has 3 N–H and O–H groups in total. The van der Waals surface area contributed by atoms with Crippen molar-refractivity contribution in [2.45, 2.75) is 18.1 Å². The lowest BCUT2D eigenvalue weighted by Gasteiger charge is -2.12. The largest absolute Gasteiger partial charge is 0.483 e. The average molecular weight is 514 g/mol. The van der Waals surface area contributed by atoms with Crippen molar-refractivity contribution in [1.82, 2.24) is 25.5 Å². The third kappa shape index (κ3) is 7.28. The zero-order valence-electron chi connectivity index (χ0n) is 16.0. The maximum Gasteiger partial charge on any atom is 0.255 e. The van der Waals surface area contributed by atoms with Gasteiger partial charge in [0, 0.05) is 22.3 Å². The lowest BCUT2D eigenvalue weighted by atomic mass is 10.2. The van der Waals surface area contributed by atoms with E-state index in [4.69, 9.17) is 10.5 Å². The van der Waals surface area contributed by atoms with E-state index in [1.165, 1.54) is 0 Å². The Morgan fingerprint density at radius 3 is 2.80 bits per heavy atom. The molecule has 1 aromatic heterocycles. The molecule has 0 spiro atoms. The molecule has 3 rings (SSSR count). The summed E-state index contributed by atoms with van der Waals surface area (Å²) in [6.45, 7) is 1.31. The molecule has 0 bridgehead atoms. The average Bonchev–Trinajstić information content (AvgIpc) is 3.19. The maximum atomic E-state index is 10.9. The highest BCUT2D eigenvalue weighted by Gasteiger charge is 2.09. The molecule has 3 aromatic rings. The molecule has 1 amide bonds. The number of primary amides is 1. The number of ether oxygens (including phenoxy) is 1. The minimum atomic E-state index is -0.498. The van der Waals surface area contributed by atoms with Crippen molar-refractivity contribution in [3.8, 4) is 11.4 Å². The molecule has 2 aromatic carbocycles. The molecule has 0 saturated heterocycles. The summed E-state index contributed by atoms with van der Waals surface area (Å²) < 4.78 is 8.16. The van der Waals surface area contributed by atoms with Gasteiger partial charge in [-0.25, -0.2) is 0 Å². The monoisotopic (exact) mass is 512 g/mol. The number of nitrogens with one attached hydrogen (secondary N) is 1. The number of carbonyl (C=O) groups excluding carboxylic acids is 1. The van der Waals surface area contributed by atoms with Gasteiger partial charge in [0.25, 0.3) is 5.91 Å². The van der Waals surface area contributed by atoms with Crippen molar-refractivity contribution in [3.63, 3.8) is 0 Å². The van der Waals surface area contributed by atoms with Gasteiger partial charge in [-0.1, -0.05) is 45.9 Å². The number of amides is 1. The molecule has 0 aliphatic heterocycles. The van der Waals surface area contributed by atoms with Gasteiger partial charge in [-0.2, -0.15) is 4.68 Å². The lowest BCUT2D eigenvalue weighted by molar-refractivity contribution is -0.119. The van der Waals surface area contributed by atoms with Gasteiger partial charge in [-0.3, -0.25) is 4.79 Å². The number of tetrazole rings is 1. The van der Waals surface area contributed by atoms with Crippen LogP contribution in [-0.2, 0) is 11.3 Å². The van der Waals surface area contributed by atoms with Crippen molar-refractivity contribution in [3.05, 3.63) is 58.6 Å². The maximum absolute atomic E-state index is 10.9. The minimum Gasteiger partial charge on any atom is -0.483 e. The Balaban J connectivity index is 0.00000320. The molecule has 0 aliphatic rings. The van der Waals surface area contributed by atoms with Gasteiger partial charge in [0.2, 0.25) is 5.16 Å². The van der Waals surface area contributed by atoms with Crippen LogP contribution in [0.3, 0.4) is 0 Å². The summed E-state index contributed by atoms with van der Waals surface area (Å²) in [4.78, 5) is 10.9. The number of para-hydroxylation sites is 1. The Kier molecular flexibility index (Phi) is 10.1. The van der Waals surface area contributed by atoms with Crippen molar-refractivity contribution in [1.29, 1.82) is 0 Å². The van der Waals surface area contributed by atoms with Crippen LogP contribution in [0.5, 0.6) is 5.75 Å². The molecule has 0 aliphatic carbocycles. The quantitative estimate of drug-likeness (QED) is 0.300. The number of hydrogen-bond acceptors (Lipinski definition) is 7. The van der Waals surface area contributed by atoms with E-state index >= 15 is 0 Å². The fourth-order valence-corrected chi connectivity index (χ4v) is 3.80. The molecule has 160 valence electrons. The smallest absolute Gasteiger partial charge is 0.255 e. The molecule has 8 nitrogen and oxygen atoms in total. The van der Waals surface area contributed by atoms with Gasteiger partial charge in [0.15, 0.2) is 6.61 Å². The summed E-state index contributed by atoms with van der Waals surface area (Å²) in [5.41, 5.74) is 7.06. The van der Waals surface area contributed by atoms with Crippen molar-refractivity contribution >= 4 is 46.0 Å². The first kappa shape index (κ1) is 24.1. The Morgan fingerprint density at radius 1 is 1.23 bits per heavy atom. The van der Waals surface area contributed by atoms with Crippen LogP contribution in [0.2, 0.25) is 0 Å². The summed E-state index contributed by atoms with van der Waals surface area (Å²) in [6, 6.07) is 15.5. The van der Waals surface area contributed by atoms with E-state index in [0.29, 0.717) is 12.3 Å². The Bertz CT molecular complexity index is 944. The van der Waals surface area contributed by atoms with Crippen LogP contribution in [0, 0.1) is 0 Å². The van der Waals surface area contributed by atoms with Crippen LogP contribution in [0.1, 0.15) is 12.0 Å². The molecular weight excluding hydrogens is 492 g/mol. The number of halogens is 2. The summed E-state index contributed by atoms with van der Waals surface area (Å²) in [5.74, 6) is 1.03. The van der Waals surface area contributed by atoms with Crippen LogP contribution in [0.25, 0.3) is 5.69 Å². The molecule has 0 fully saturated rings. The number of nitrogens with two attached hydrogens (primary N) is 1. The van der Waals surface area contributed by atoms with E-state index in [2.05, 4.69) is 36.8 Å². The summed E-state index contributed by atoms with van der Waals surface area (Å²) in [5, 5.41) is 16.1. The van der Waals surface area contributed by atoms with Crippen LogP contribution in [0.4, 0.5) is 0 Å². The van der Waals surface area contributed by atoms with E-state index in [1.807, 2.05) is 48.5 Å². The number of carbonyl (C=O) groups is 1. The number of benzene rings is 2. The highest BCUT2D eigenvalue weighted by Crippen LogP contribution is 2.23. The standard InChI is InChI=1S/C19H21BrN6O2S.ClH/c20-15-7-8-17(28-13-18(21)27)14(11-15)12-22-9-4-10-29-19-23-24-25-26(19)16-5-2-1-3-6-16;/h1-3,5-8,11,22H,4,9-10,12-13H2,(H2,21,27);1H. The second kappa shape index (κ2) is 12.5. The van der Waals surface area contributed by atoms with Crippen LogP contribution >= 0.6 is 40.1 Å². The van der Waals surface area contributed by atoms with E-state index in [9.17, 15) is 4.79 Å². The highest BCUT2D eigenvalue weighted by molar-refractivity contribution is 9.10. The predicted octanol–water partition coefficient (Wildman–Crippen LogP) is 2.98. The number of rotatable bonds is 11. The summed E-state index contributed by atoms with van der Waals surface area (Å²) >= 11 is 5.07. The molecule has 0 atom stereocenters. The fourth-order valence-electron chi connectivity index (χ4n) is 2.56. The highest BCUT2D eigenvalue weighted by atomic mass is 79.9. The normalized spacial score (nSPS) is 10.4. The number of aromatic nitrogens is 4. The SMILES string of the molecule is Cl.NC(=O)COc1ccc(Br)cc1CNCCCSc1nnnn1-c1ccccc1. The van der Waals surface area contributed by atoms with Crippen LogP contribution < -0.4 is 15.8 Å². The second-order valence-electron chi connectivity index (χ2n) is 6.09. The molecule has 30 heavy (non-hydrogen) atoms. The fraction of sp³-hybridized carbons (Fsp3) is 0.263. The third-order valence-corrected chi connectivity index (χ3v) is 5.38. The Morgan fingerprint density at radius 2 is 2.03 bits per heavy atom. The van der Waals surface area contributed by atoms with Gasteiger partial charge in [-0.15, -0.1) is 17.5 Å². The minimum absolute atomic E-state index is 0. The van der Waals surface area contributed by atoms with E-state index in [-0.39, 0.29) is 19.0 Å². The zero-order chi connectivity index (χ0) is 20.5. The first-order chi connectivity index (χ1) is 14.1. The first-order valence-corrected chi connectivity index (χ1v) is 10.8. The molecular formula is C19H22BrClN6O2S. The first-order valence-electron chi connectivity index (χ1n) is 9.00. The molecule has 1 heterocycles. The number of thioether (sulfide) groups is 1. The summed E-state index contributed by atoms with van der Waals surface area (Å²) in [7, 11) is 0. The van der Waals surface area contributed by atoms with Gasteiger partial charge in [0.05, 0.1) is 5.69 Å². The Hall–Kier alpha value is -2.14. The topological polar surface area (TPSA) is 108 Å². The second-order valence-corrected chi connectivity index (χ2v) is 8.07. The van der Waals surface area contributed by atoms with Gasteiger partial charge in [0.1, 0.15) is 5.75 Å². The summed E-state index contributed by atoms with van der Waals surface area (Å²) in [6.07, 6.45) is 0.942. The van der Waals surface area contributed by atoms with Crippen LogP contribution in [0.15, 0.2) is 58.2 Å². The van der Waals surface area contributed by atoms with Crippen molar-refractivity contribution < 1.29 is 9.53 Å². The zero-order valence-corrected chi connectivity index (χ0v) is 19.3. The molecule has 0 unspecified atom stereocenters. The van der Waals surface area contributed by atoms with E-state index < -0.39 is 5.91 Å².